The van der Waals surface area contributed by atoms with Crippen molar-refractivity contribution >= 4 is 0 Å². The van der Waals surface area contributed by atoms with E-state index in [2.05, 4.69) is 54.7 Å². The molecule has 0 saturated heterocycles. The molecule has 2 rings (SSSR count). The van der Waals surface area contributed by atoms with E-state index in [0.29, 0.717) is 6.04 Å². The maximum atomic E-state index is 9.05. The lowest BCUT2D eigenvalue weighted by molar-refractivity contribution is 0.282. The molecule has 2 aromatic carbocycles. The summed E-state index contributed by atoms with van der Waals surface area (Å²) < 4.78 is 0. The summed E-state index contributed by atoms with van der Waals surface area (Å²) in [6.07, 6.45) is 2.30. The molecule has 2 N–H and O–H groups in total. The van der Waals surface area contributed by atoms with Crippen LogP contribution in [-0.2, 0) is 13.2 Å². The fraction of sp³-hybridized carbons (Fsp3) is 0.333. The smallest absolute Gasteiger partial charge is 0.0681 e. The van der Waals surface area contributed by atoms with E-state index in [0.717, 1.165) is 24.9 Å². The Morgan fingerprint density at radius 2 is 1.60 bits per heavy atom. The topological polar surface area (TPSA) is 32.3 Å². The third-order valence-corrected chi connectivity index (χ3v) is 3.54. The number of nitrogens with one attached hydrogen (secondary N) is 1. The second-order valence-electron chi connectivity index (χ2n) is 5.11. The minimum atomic E-state index is 0.107. The van der Waals surface area contributed by atoms with Crippen molar-refractivity contribution in [3.05, 3.63) is 71.3 Å². The number of aliphatic hydroxyl groups is 1. The first-order valence-corrected chi connectivity index (χ1v) is 7.30. The maximum Gasteiger partial charge on any atom is 0.0681 e. The van der Waals surface area contributed by atoms with Gasteiger partial charge in [0.2, 0.25) is 0 Å². The third-order valence-electron chi connectivity index (χ3n) is 3.54. The lowest BCUT2D eigenvalue weighted by atomic mass is 10.0. The quantitative estimate of drug-likeness (QED) is 0.801. The summed E-state index contributed by atoms with van der Waals surface area (Å²) in [4.78, 5) is 0. The lowest BCUT2D eigenvalue weighted by Crippen LogP contribution is -2.20. The Morgan fingerprint density at radius 3 is 2.20 bits per heavy atom. The van der Waals surface area contributed by atoms with Crippen LogP contribution >= 0.6 is 0 Å². The van der Waals surface area contributed by atoms with Crippen LogP contribution < -0.4 is 5.32 Å². The predicted octanol–water partition coefficient (Wildman–Crippen LogP) is 3.81. The van der Waals surface area contributed by atoms with Gasteiger partial charge in [-0.3, -0.25) is 0 Å². The number of aliphatic hydroxyl groups excluding tert-OH is 1. The SMILES string of the molecule is CCCC(NCc1ccc(CO)cc1)c1ccccc1. The fourth-order valence-corrected chi connectivity index (χ4v) is 2.36. The molecule has 0 aliphatic rings. The van der Waals surface area contributed by atoms with Gasteiger partial charge in [-0.25, -0.2) is 0 Å². The molecule has 0 aliphatic heterocycles. The summed E-state index contributed by atoms with van der Waals surface area (Å²) in [5.41, 5.74) is 3.56. The molecule has 1 atom stereocenters. The fourth-order valence-electron chi connectivity index (χ4n) is 2.36. The van der Waals surface area contributed by atoms with Crippen LogP contribution in [0.4, 0.5) is 0 Å². The molecular weight excluding hydrogens is 246 g/mol. The van der Waals surface area contributed by atoms with Crippen LogP contribution in [0.25, 0.3) is 0 Å². The minimum Gasteiger partial charge on any atom is -0.392 e. The average Bonchev–Trinajstić information content (AvgIpc) is 2.53. The zero-order chi connectivity index (χ0) is 14.2. The van der Waals surface area contributed by atoms with Crippen molar-refractivity contribution in [2.45, 2.75) is 39.0 Å². The zero-order valence-corrected chi connectivity index (χ0v) is 12.0. The van der Waals surface area contributed by atoms with E-state index in [9.17, 15) is 0 Å². The number of hydrogen-bond donors (Lipinski definition) is 2. The van der Waals surface area contributed by atoms with Crippen LogP contribution in [0.5, 0.6) is 0 Å². The van der Waals surface area contributed by atoms with Gasteiger partial charge in [0, 0.05) is 12.6 Å². The van der Waals surface area contributed by atoms with Crippen molar-refractivity contribution in [3.8, 4) is 0 Å². The normalized spacial score (nSPS) is 12.3. The van der Waals surface area contributed by atoms with Crippen molar-refractivity contribution in [1.82, 2.24) is 5.32 Å². The van der Waals surface area contributed by atoms with E-state index in [-0.39, 0.29) is 6.61 Å². The van der Waals surface area contributed by atoms with Gasteiger partial charge in [0.1, 0.15) is 0 Å². The summed E-state index contributed by atoms with van der Waals surface area (Å²) in [7, 11) is 0. The highest BCUT2D eigenvalue weighted by Crippen LogP contribution is 2.18. The summed E-state index contributed by atoms with van der Waals surface area (Å²) >= 11 is 0. The number of benzene rings is 2. The Morgan fingerprint density at radius 1 is 0.950 bits per heavy atom. The first kappa shape index (κ1) is 14.8. The second-order valence-corrected chi connectivity index (χ2v) is 5.11. The van der Waals surface area contributed by atoms with Crippen molar-refractivity contribution in [2.24, 2.45) is 0 Å². The van der Waals surface area contributed by atoms with Crippen LogP contribution in [0.1, 0.15) is 42.5 Å². The summed E-state index contributed by atoms with van der Waals surface area (Å²) in [5, 5.41) is 12.7. The molecule has 1 unspecified atom stereocenters. The molecule has 0 spiro atoms. The monoisotopic (exact) mass is 269 g/mol. The van der Waals surface area contributed by atoms with Gasteiger partial charge in [0.05, 0.1) is 6.61 Å². The highest BCUT2D eigenvalue weighted by Gasteiger charge is 2.09. The van der Waals surface area contributed by atoms with Gasteiger partial charge in [0.25, 0.3) is 0 Å². The molecule has 0 fully saturated rings. The molecule has 0 saturated carbocycles. The Balaban J connectivity index is 1.98. The molecule has 2 aromatic rings. The minimum absolute atomic E-state index is 0.107. The number of rotatable bonds is 7. The van der Waals surface area contributed by atoms with Gasteiger partial charge >= 0.3 is 0 Å². The molecule has 0 amide bonds. The Labute approximate surface area is 121 Å². The predicted molar refractivity (Wildman–Crippen MR) is 83.3 cm³/mol. The second kappa shape index (κ2) is 7.83. The van der Waals surface area contributed by atoms with E-state index in [1.165, 1.54) is 11.1 Å². The van der Waals surface area contributed by atoms with E-state index >= 15 is 0 Å². The average molecular weight is 269 g/mol. The summed E-state index contributed by atoms with van der Waals surface area (Å²) in [6.45, 7) is 3.18. The molecule has 0 aromatic heterocycles. The Bertz CT molecular complexity index is 493. The van der Waals surface area contributed by atoms with E-state index < -0.39 is 0 Å². The molecule has 0 bridgehead atoms. The van der Waals surface area contributed by atoms with Gasteiger partial charge in [-0.15, -0.1) is 0 Å². The molecular formula is C18H23NO. The van der Waals surface area contributed by atoms with Crippen molar-refractivity contribution in [2.75, 3.05) is 0 Å². The molecule has 20 heavy (non-hydrogen) atoms. The molecule has 0 radical (unpaired) electrons. The van der Waals surface area contributed by atoms with Gasteiger partial charge in [-0.2, -0.15) is 0 Å². The molecule has 2 nitrogen and oxygen atoms in total. The van der Waals surface area contributed by atoms with Crippen molar-refractivity contribution in [3.63, 3.8) is 0 Å². The third kappa shape index (κ3) is 4.19. The zero-order valence-electron chi connectivity index (χ0n) is 12.0. The van der Waals surface area contributed by atoms with Gasteiger partial charge in [-0.1, -0.05) is 67.9 Å². The first-order valence-electron chi connectivity index (χ1n) is 7.30. The Kier molecular flexibility index (Phi) is 5.78. The molecule has 0 heterocycles. The van der Waals surface area contributed by atoms with E-state index in [1.54, 1.807) is 0 Å². The van der Waals surface area contributed by atoms with Crippen molar-refractivity contribution in [1.29, 1.82) is 0 Å². The number of hydrogen-bond acceptors (Lipinski definition) is 2. The van der Waals surface area contributed by atoms with Crippen LogP contribution in [0.3, 0.4) is 0 Å². The molecule has 2 heteroatoms. The van der Waals surface area contributed by atoms with Crippen LogP contribution in [0, 0.1) is 0 Å². The van der Waals surface area contributed by atoms with Gasteiger partial charge in [-0.05, 0) is 23.1 Å². The van der Waals surface area contributed by atoms with E-state index in [1.807, 2.05) is 12.1 Å². The van der Waals surface area contributed by atoms with Gasteiger partial charge in [0.15, 0.2) is 0 Å². The maximum absolute atomic E-state index is 9.05. The summed E-state index contributed by atoms with van der Waals surface area (Å²) in [5.74, 6) is 0. The van der Waals surface area contributed by atoms with Crippen LogP contribution in [0.2, 0.25) is 0 Å². The lowest BCUT2D eigenvalue weighted by Gasteiger charge is -2.18. The molecule has 0 aliphatic carbocycles. The van der Waals surface area contributed by atoms with Crippen LogP contribution in [-0.4, -0.2) is 5.11 Å². The standard InChI is InChI=1S/C18H23NO/c1-2-6-18(17-7-4-3-5-8-17)19-13-15-9-11-16(14-20)12-10-15/h3-5,7-12,18-20H,2,6,13-14H2,1H3. The van der Waals surface area contributed by atoms with E-state index in [4.69, 9.17) is 5.11 Å². The highest BCUT2D eigenvalue weighted by molar-refractivity contribution is 5.23. The summed E-state index contributed by atoms with van der Waals surface area (Å²) in [6, 6.07) is 19.1. The molecule has 106 valence electrons. The first-order chi connectivity index (χ1) is 9.83. The van der Waals surface area contributed by atoms with Crippen molar-refractivity contribution < 1.29 is 5.11 Å². The Hall–Kier alpha value is -1.64. The highest BCUT2D eigenvalue weighted by atomic mass is 16.3. The van der Waals surface area contributed by atoms with Crippen LogP contribution in [0.15, 0.2) is 54.6 Å². The largest absolute Gasteiger partial charge is 0.392 e. The van der Waals surface area contributed by atoms with Gasteiger partial charge < -0.3 is 10.4 Å².